The minimum atomic E-state index is -0.421. The number of amides is 2. The summed E-state index contributed by atoms with van der Waals surface area (Å²) >= 11 is 0. The van der Waals surface area contributed by atoms with Crippen LogP contribution in [0.15, 0.2) is 23.1 Å². The Morgan fingerprint density at radius 2 is 2.21 bits per heavy atom. The lowest BCUT2D eigenvalue weighted by molar-refractivity contribution is -0.133. The fourth-order valence-corrected chi connectivity index (χ4v) is 4.53. The number of aromatic nitrogens is 4. The normalized spacial score (nSPS) is 26.5. The number of carbonyl (C=O) groups is 2. The van der Waals surface area contributed by atoms with Crippen molar-refractivity contribution in [1.29, 1.82) is 0 Å². The van der Waals surface area contributed by atoms with Gasteiger partial charge in [-0.3, -0.25) is 9.59 Å². The fraction of sp³-hybridized carbons (Fsp3) is 0.579. The first kappa shape index (κ1) is 18.5. The third-order valence-corrected chi connectivity index (χ3v) is 5.78. The molecule has 2 fully saturated rings. The highest BCUT2D eigenvalue weighted by Crippen LogP contribution is 2.50. The second-order valence-electron chi connectivity index (χ2n) is 8.08. The first-order valence-corrected chi connectivity index (χ1v) is 9.55. The van der Waals surface area contributed by atoms with Gasteiger partial charge in [-0.1, -0.05) is 19.0 Å². The summed E-state index contributed by atoms with van der Waals surface area (Å²) in [6.07, 6.45) is 4.30. The van der Waals surface area contributed by atoms with Gasteiger partial charge in [0.15, 0.2) is 5.82 Å². The molecule has 0 bridgehead atoms. The zero-order valence-electron chi connectivity index (χ0n) is 16.3. The van der Waals surface area contributed by atoms with E-state index in [2.05, 4.69) is 25.4 Å². The predicted molar refractivity (Wildman–Crippen MR) is 98.1 cm³/mol. The van der Waals surface area contributed by atoms with Crippen molar-refractivity contribution in [3.8, 4) is 0 Å². The largest absolute Gasteiger partial charge is 0.348 e. The van der Waals surface area contributed by atoms with Gasteiger partial charge in [-0.25, -0.2) is 9.97 Å². The van der Waals surface area contributed by atoms with Gasteiger partial charge in [-0.05, 0) is 31.7 Å². The van der Waals surface area contributed by atoms with Gasteiger partial charge in [0.2, 0.25) is 11.8 Å². The van der Waals surface area contributed by atoms with Crippen LogP contribution in [0.2, 0.25) is 0 Å². The Kier molecular flexibility index (Phi) is 4.60. The van der Waals surface area contributed by atoms with Gasteiger partial charge in [-0.2, -0.15) is 4.98 Å². The summed E-state index contributed by atoms with van der Waals surface area (Å²) in [5.74, 6) is 1.14. The molecular weight excluding hydrogens is 360 g/mol. The van der Waals surface area contributed by atoms with E-state index in [9.17, 15) is 9.59 Å². The molecule has 2 aliphatic rings. The van der Waals surface area contributed by atoms with Crippen LogP contribution in [0, 0.1) is 18.8 Å². The van der Waals surface area contributed by atoms with Gasteiger partial charge >= 0.3 is 0 Å². The summed E-state index contributed by atoms with van der Waals surface area (Å²) in [7, 11) is 0. The van der Waals surface area contributed by atoms with Crippen molar-refractivity contribution in [3.63, 3.8) is 0 Å². The summed E-state index contributed by atoms with van der Waals surface area (Å²) in [5, 5.41) is 7.03. The minimum absolute atomic E-state index is 0.0454. The second kappa shape index (κ2) is 6.96. The maximum absolute atomic E-state index is 12.6. The standard InChI is InChI=1S/C19H24N6O3/c1-11(2)17(27)25-8-13-6-14(23-16(26)15-4-5-20-10-21-15)7-19(13,9-25)18-22-12(3)24-28-18/h4-5,10-11,13-14H,6-9H2,1-3H3,(H,23,26)/t13?,14-,19+/m1/s1. The number of hydrogen-bond acceptors (Lipinski definition) is 7. The summed E-state index contributed by atoms with van der Waals surface area (Å²) < 4.78 is 5.55. The number of hydrogen-bond donors (Lipinski definition) is 1. The Hall–Kier alpha value is -2.84. The first-order chi connectivity index (χ1) is 13.4. The highest BCUT2D eigenvalue weighted by molar-refractivity contribution is 5.92. The Labute approximate surface area is 162 Å². The topological polar surface area (TPSA) is 114 Å². The van der Waals surface area contributed by atoms with E-state index in [1.165, 1.54) is 6.33 Å². The molecule has 1 aliphatic heterocycles. The molecule has 28 heavy (non-hydrogen) atoms. The van der Waals surface area contributed by atoms with E-state index in [1.54, 1.807) is 19.2 Å². The van der Waals surface area contributed by atoms with E-state index in [0.29, 0.717) is 36.9 Å². The molecule has 148 valence electrons. The number of nitrogens with one attached hydrogen (secondary N) is 1. The van der Waals surface area contributed by atoms with E-state index < -0.39 is 5.41 Å². The predicted octanol–water partition coefficient (Wildman–Crippen LogP) is 1.11. The van der Waals surface area contributed by atoms with Gasteiger partial charge in [-0.15, -0.1) is 0 Å². The molecule has 1 aliphatic carbocycles. The van der Waals surface area contributed by atoms with Gasteiger partial charge in [0.25, 0.3) is 5.91 Å². The van der Waals surface area contributed by atoms with Crippen molar-refractivity contribution in [2.75, 3.05) is 13.1 Å². The molecular formula is C19H24N6O3. The van der Waals surface area contributed by atoms with Crippen LogP contribution in [-0.4, -0.2) is 56.0 Å². The summed E-state index contributed by atoms with van der Waals surface area (Å²) in [6, 6.07) is 1.54. The molecule has 9 heteroatoms. The van der Waals surface area contributed by atoms with Crippen molar-refractivity contribution in [2.45, 2.75) is 45.1 Å². The first-order valence-electron chi connectivity index (χ1n) is 9.55. The minimum Gasteiger partial charge on any atom is -0.348 e. The number of likely N-dealkylation sites (tertiary alicyclic amines) is 1. The third-order valence-electron chi connectivity index (χ3n) is 5.78. The average Bonchev–Trinajstić information content (AvgIpc) is 3.34. The molecule has 3 atom stereocenters. The number of rotatable bonds is 4. The van der Waals surface area contributed by atoms with E-state index >= 15 is 0 Å². The number of carbonyl (C=O) groups excluding carboxylic acids is 2. The molecule has 0 aromatic carbocycles. The zero-order chi connectivity index (χ0) is 19.9. The molecule has 1 unspecified atom stereocenters. The third kappa shape index (κ3) is 3.14. The molecule has 1 saturated carbocycles. The quantitative estimate of drug-likeness (QED) is 0.840. The molecule has 2 aromatic heterocycles. The van der Waals surface area contributed by atoms with Gasteiger partial charge < -0.3 is 14.7 Å². The van der Waals surface area contributed by atoms with Crippen molar-refractivity contribution >= 4 is 11.8 Å². The fourth-order valence-electron chi connectivity index (χ4n) is 4.53. The van der Waals surface area contributed by atoms with E-state index in [4.69, 9.17) is 4.52 Å². The lowest BCUT2D eigenvalue weighted by Crippen LogP contribution is -2.40. The molecule has 4 rings (SSSR count). The zero-order valence-corrected chi connectivity index (χ0v) is 16.3. The van der Waals surface area contributed by atoms with E-state index in [0.717, 1.165) is 6.42 Å². The maximum atomic E-state index is 12.6. The van der Waals surface area contributed by atoms with Crippen molar-refractivity contribution in [3.05, 3.63) is 36.0 Å². The van der Waals surface area contributed by atoms with Crippen LogP contribution < -0.4 is 5.32 Å². The van der Waals surface area contributed by atoms with Crippen molar-refractivity contribution < 1.29 is 14.1 Å². The van der Waals surface area contributed by atoms with Crippen LogP contribution in [0.3, 0.4) is 0 Å². The lowest BCUT2D eigenvalue weighted by Gasteiger charge is -2.26. The molecule has 1 N–H and O–H groups in total. The van der Waals surface area contributed by atoms with Crippen LogP contribution in [0.1, 0.15) is 48.9 Å². The Balaban J connectivity index is 1.56. The van der Waals surface area contributed by atoms with Gasteiger partial charge in [0.05, 0.1) is 5.41 Å². The van der Waals surface area contributed by atoms with Crippen molar-refractivity contribution in [1.82, 2.24) is 30.3 Å². The highest BCUT2D eigenvalue weighted by atomic mass is 16.5. The highest BCUT2D eigenvalue weighted by Gasteiger charge is 2.58. The van der Waals surface area contributed by atoms with Crippen LogP contribution in [-0.2, 0) is 10.2 Å². The van der Waals surface area contributed by atoms with Gasteiger partial charge in [0, 0.05) is 31.2 Å². The van der Waals surface area contributed by atoms with Gasteiger partial charge in [0.1, 0.15) is 12.0 Å². The molecule has 9 nitrogen and oxygen atoms in total. The summed E-state index contributed by atoms with van der Waals surface area (Å²) in [4.78, 5) is 39.3. The molecule has 2 amide bonds. The average molecular weight is 384 g/mol. The summed E-state index contributed by atoms with van der Waals surface area (Å²) in [6.45, 7) is 6.78. The Bertz CT molecular complexity index is 883. The molecule has 0 radical (unpaired) electrons. The van der Waals surface area contributed by atoms with Crippen LogP contribution in [0.5, 0.6) is 0 Å². The van der Waals surface area contributed by atoms with Crippen LogP contribution in [0.25, 0.3) is 0 Å². The maximum Gasteiger partial charge on any atom is 0.270 e. The van der Waals surface area contributed by atoms with Crippen molar-refractivity contribution in [2.24, 2.45) is 11.8 Å². The summed E-state index contributed by atoms with van der Waals surface area (Å²) in [5.41, 5.74) is -0.0820. The SMILES string of the molecule is Cc1noc([C@]23C[C@H](NC(=O)c4ccncn4)CC2CN(C(=O)C(C)C)C3)n1. The second-order valence-corrected chi connectivity index (χ2v) is 8.08. The lowest BCUT2D eigenvalue weighted by atomic mass is 9.80. The Morgan fingerprint density at radius 1 is 1.39 bits per heavy atom. The van der Waals surface area contributed by atoms with Crippen LogP contribution >= 0.6 is 0 Å². The number of nitrogens with zero attached hydrogens (tertiary/aromatic N) is 5. The Morgan fingerprint density at radius 3 is 2.86 bits per heavy atom. The molecule has 0 spiro atoms. The molecule has 2 aromatic rings. The van der Waals surface area contributed by atoms with E-state index in [1.807, 2.05) is 18.7 Å². The monoisotopic (exact) mass is 384 g/mol. The molecule has 3 heterocycles. The molecule has 1 saturated heterocycles. The smallest absolute Gasteiger partial charge is 0.270 e. The van der Waals surface area contributed by atoms with Crippen LogP contribution in [0.4, 0.5) is 0 Å². The van der Waals surface area contributed by atoms with E-state index in [-0.39, 0.29) is 29.7 Å². The number of aryl methyl sites for hydroxylation is 1. The number of fused-ring (bicyclic) bond motifs is 1.